The van der Waals surface area contributed by atoms with E-state index in [0.29, 0.717) is 30.2 Å². The number of sulfonamides is 1. The summed E-state index contributed by atoms with van der Waals surface area (Å²) < 4.78 is 27.1. The Labute approximate surface area is 168 Å². The van der Waals surface area contributed by atoms with Crippen molar-refractivity contribution in [3.05, 3.63) is 76.8 Å². The molecule has 0 bridgehead atoms. The molecule has 2 aromatic carbocycles. The van der Waals surface area contributed by atoms with Gasteiger partial charge in [-0.2, -0.15) is 0 Å². The van der Waals surface area contributed by atoms with Gasteiger partial charge in [0.25, 0.3) is 10.0 Å². The molecule has 0 fully saturated rings. The summed E-state index contributed by atoms with van der Waals surface area (Å²) in [4.78, 5) is 16.5. The summed E-state index contributed by atoms with van der Waals surface area (Å²) in [5.74, 6) is -0.0695. The lowest BCUT2D eigenvalue weighted by molar-refractivity contribution is -0.121. The highest BCUT2D eigenvalue weighted by molar-refractivity contribution is 7.93. The van der Waals surface area contributed by atoms with Crippen molar-refractivity contribution >= 4 is 32.4 Å². The Morgan fingerprint density at radius 2 is 1.79 bits per heavy atom. The molecule has 28 heavy (non-hydrogen) atoms. The third-order valence-corrected chi connectivity index (χ3v) is 6.34. The van der Waals surface area contributed by atoms with Crippen molar-refractivity contribution in [3.63, 3.8) is 0 Å². The van der Waals surface area contributed by atoms with Crippen LogP contribution in [-0.4, -0.2) is 19.3 Å². The molecule has 1 heterocycles. The van der Waals surface area contributed by atoms with E-state index in [1.807, 2.05) is 31.2 Å². The van der Waals surface area contributed by atoms with Gasteiger partial charge in [0, 0.05) is 18.3 Å². The highest BCUT2D eigenvalue weighted by Crippen LogP contribution is 2.20. The summed E-state index contributed by atoms with van der Waals surface area (Å²) in [6.45, 7) is 2.50. The number of hydrogen-bond donors (Lipinski definition) is 2. The third-order valence-electron chi connectivity index (χ3n) is 4.05. The van der Waals surface area contributed by atoms with Gasteiger partial charge in [-0.05, 0) is 31.0 Å². The van der Waals surface area contributed by atoms with Gasteiger partial charge in [-0.3, -0.25) is 9.52 Å². The molecule has 0 aliphatic heterocycles. The lowest BCUT2D eigenvalue weighted by Gasteiger charge is -2.05. The van der Waals surface area contributed by atoms with Gasteiger partial charge in [-0.15, -0.1) is 11.3 Å². The molecule has 0 unspecified atom stereocenters. The number of aromatic nitrogens is 1. The van der Waals surface area contributed by atoms with E-state index >= 15 is 0 Å². The molecule has 8 heteroatoms. The molecule has 2 N–H and O–H groups in total. The fourth-order valence-corrected chi connectivity index (χ4v) is 4.50. The summed E-state index contributed by atoms with van der Waals surface area (Å²) in [6.07, 6.45) is 0.740. The number of thiazole rings is 1. The van der Waals surface area contributed by atoms with Crippen molar-refractivity contribution in [2.45, 2.75) is 31.2 Å². The SMILES string of the molecule is Cc1ccc(CNC(=O)CCc2csc(NS(=O)(=O)c3ccccc3)n2)cc1. The van der Waals surface area contributed by atoms with Gasteiger partial charge in [0.2, 0.25) is 5.91 Å². The summed E-state index contributed by atoms with van der Waals surface area (Å²) in [6, 6.07) is 16.1. The molecule has 0 aliphatic carbocycles. The van der Waals surface area contributed by atoms with Gasteiger partial charge in [-0.25, -0.2) is 13.4 Å². The highest BCUT2D eigenvalue weighted by atomic mass is 32.2. The van der Waals surface area contributed by atoms with Crippen molar-refractivity contribution in [1.82, 2.24) is 10.3 Å². The Kier molecular flexibility index (Phi) is 6.43. The summed E-state index contributed by atoms with van der Waals surface area (Å²) in [7, 11) is -3.66. The van der Waals surface area contributed by atoms with Gasteiger partial charge in [-0.1, -0.05) is 48.0 Å². The van der Waals surface area contributed by atoms with Crippen LogP contribution in [0, 0.1) is 6.92 Å². The number of rotatable bonds is 8. The second-order valence-electron chi connectivity index (χ2n) is 6.32. The van der Waals surface area contributed by atoms with Gasteiger partial charge >= 0.3 is 0 Å². The first-order valence-corrected chi connectivity index (χ1v) is 11.1. The van der Waals surface area contributed by atoms with Crippen LogP contribution in [0.25, 0.3) is 0 Å². The van der Waals surface area contributed by atoms with Gasteiger partial charge in [0.15, 0.2) is 5.13 Å². The van der Waals surface area contributed by atoms with Crippen molar-refractivity contribution < 1.29 is 13.2 Å². The van der Waals surface area contributed by atoms with Crippen LogP contribution in [0.1, 0.15) is 23.2 Å². The summed E-state index contributed by atoms with van der Waals surface area (Å²) >= 11 is 1.20. The van der Waals surface area contributed by atoms with Crippen molar-refractivity contribution in [2.75, 3.05) is 4.72 Å². The molecular formula is C20H21N3O3S2. The van der Waals surface area contributed by atoms with Crippen molar-refractivity contribution in [3.8, 4) is 0 Å². The Morgan fingerprint density at radius 1 is 1.07 bits per heavy atom. The largest absolute Gasteiger partial charge is 0.352 e. The molecular weight excluding hydrogens is 394 g/mol. The topological polar surface area (TPSA) is 88.2 Å². The number of nitrogens with one attached hydrogen (secondary N) is 2. The van der Waals surface area contributed by atoms with Crippen molar-refractivity contribution in [1.29, 1.82) is 0 Å². The van der Waals surface area contributed by atoms with E-state index in [1.165, 1.54) is 29.0 Å². The number of carbonyl (C=O) groups is 1. The van der Waals surface area contributed by atoms with Gasteiger partial charge in [0.05, 0.1) is 10.6 Å². The Balaban J connectivity index is 1.49. The maximum absolute atomic E-state index is 12.3. The molecule has 1 aromatic heterocycles. The van der Waals surface area contributed by atoms with E-state index in [1.54, 1.807) is 23.6 Å². The first-order chi connectivity index (χ1) is 13.4. The number of amides is 1. The van der Waals surface area contributed by atoms with E-state index in [0.717, 1.165) is 5.56 Å². The van der Waals surface area contributed by atoms with Crippen LogP contribution in [-0.2, 0) is 27.8 Å². The number of aryl methyl sites for hydroxylation is 2. The first-order valence-electron chi connectivity index (χ1n) is 8.77. The van der Waals surface area contributed by atoms with E-state index in [-0.39, 0.29) is 10.8 Å². The Bertz CT molecular complexity index is 1030. The van der Waals surface area contributed by atoms with Crippen LogP contribution in [0.2, 0.25) is 0 Å². The fourth-order valence-electron chi connectivity index (χ4n) is 2.48. The van der Waals surface area contributed by atoms with E-state index in [4.69, 9.17) is 0 Å². The molecule has 6 nitrogen and oxygen atoms in total. The smallest absolute Gasteiger partial charge is 0.263 e. The molecule has 0 spiro atoms. The minimum absolute atomic E-state index is 0.0695. The first kappa shape index (κ1) is 20.0. The lowest BCUT2D eigenvalue weighted by Crippen LogP contribution is -2.23. The minimum atomic E-state index is -3.66. The van der Waals surface area contributed by atoms with Crippen LogP contribution in [0.15, 0.2) is 64.9 Å². The zero-order valence-corrected chi connectivity index (χ0v) is 17.0. The number of nitrogens with zero attached hydrogens (tertiary/aromatic N) is 1. The Hall–Kier alpha value is -2.71. The minimum Gasteiger partial charge on any atom is -0.352 e. The number of benzene rings is 2. The molecule has 0 atom stereocenters. The second kappa shape index (κ2) is 8.99. The lowest BCUT2D eigenvalue weighted by atomic mass is 10.1. The molecule has 146 valence electrons. The number of carbonyl (C=O) groups excluding carboxylic acids is 1. The Morgan fingerprint density at radius 3 is 2.50 bits per heavy atom. The van der Waals surface area contributed by atoms with Crippen LogP contribution in [0.3, 0.4) is 0 Å². The standard InChI is InChI=1S/C20H21N3O3S2/c1-15-7-9-16(10-8-15)13-21-19(24)12-11-17-14-27-20(22-17)23-28(25,26)18-5-3-2-4-6-18/h2-10,14H,11-13H2,1H3,(H,21,24)(H,22,23). The zero-order valence-electron chi connectivity index (χ0n) is 15.4. The zero-order chi connectivity index (χ0) is 20.0. The van der Waals surface area contributed by atoms with Crippen molar-refractivity contribution in [2.24, 2.45) is 0 Å². The molecule has 3 rings (SSSR count). The third kappa shape index (κ3) is 5.64. The van der Waals surface area contributed by atoms with E-state index < -0.39 is 10.0 Å². The maximum atomic E-state index is 12.3. The monoisotopic (exact) mass is 415 g/mol. The number of hydrogen-bond acceptors (Lipinski definition) is 5. The highest BCUT2D eigenvalue weighted by Gasteiger charge is 2.15. The quantitative estimate of drug-likeness (QED) is 0.589. The predicted molar refractivity (Wildman–Crippen MR) is 111 cm³/mol. The van der Waals surface area contributed by atoms with Gasteiger partial charge in [0.1, 0.15) is 0 Å². The molecule has 0 aliphatic rings. The summed E-state index contributed by atoms with van der Waals surface area (Å²) in [5, 5.41) is 4.93. The normalized spacial score (nSPS) is 11.2. The van der Waals surface area contributed by atoms with E-state index in [9.17, 15) is 13.2 Å². The number of anilines is 1. The maximum Gasteiger partial charge on any atom is 0.263 e. The molecule has 1 amide bonds. The van der Waals surface area contributed by atoms with Crippen LogP contribution in [0.5, 0.6) is 0 Å². The second-order valence-corrected chi connectivity index (χ2v) is 8.87. The average molecular weight is 416 g/mol. The van der Waals surface area contributed by atoms with Gasteiger partial charge < -0.3 is 5.32 Å². The molecule has 0 saturated heterocycles. The fraction of sp³-hybridized carbons (Fsp3) is 0.200. The van der Waals surface area contributed by atoms with Crippen LogP contribution >= 0.6 is 11.3 Å². The van der Waals surface area contributed by atoms with Crippen LogP contribution in [0.4, 0.5) is 5.13 Å². The summed E-state index contributed by atoms with van der Waals surface area (Å²) in [5.41, 5.74) is 2.91. The molecule has 0 saturated carbocycles. The van der Waals surface area contributed by atoms with Crippen LogP contribution < -0.4 is 10.0 Å². The molecule has 3 aromatic rings. The van der Waals surface area contributed by atoms with E-state index in [2.05, 4.69) is 15.0 Å². The molecule has 0 radical (unpaired) electrons. The average Bonchev–Trinajstić information content (AvgIpc) is 3.13. The predicted octanol–water partition coefficient (Wildman–Crippen LogP) is 3.50.